The summed E-state index contributed by atoms with van der Waals surface area (Å²) in [5, 5.41) is 0. The summed E-state index contributed by atoms with van der Waals surface area (Å²) < 4.78 is 15.2. The van der Waals surface area contributed by atoms with E-state index in [0.717, 1.165) is 41.9 Å². The Kier molecular flexibility index (Phi) is 6.05. The van der Waals surface area contributed by atoms with Crippen LogP contribution < -0.4 is 0 Å². The number of amidine groups is 1. The number of nitrogens with zero attached hydrogens (tertiary/aromatic N) is 4. The minimum atomic E-state index is -1.33. The molecular formula is C17H20N4O8. The molecular weight excluding hydrogens is 388 g/mol. The highest BCUT2D eigenvalue weighted by Gasteiger charge is 2.45. The average Bonchev–Trinajstić information content (AvgIpc) is 3.12. The fourth-order valence-electron chi connectivity index (χ4n) is 3.02. The first-order valence-electron chi connectivity index (χ1n) is 8.17. The van der Waals surface area contributed by atoms with E-state index >= 15 is 0 Å². The SMILES string of the molecule is CN=C1C(n2cc(C(=O)OC)c(C(=O)OC)c2C(=O)OC)C(=O)N(C)C(=O)N1C. The zero-order chi connectivity index (χ0) is 22.0. The zero-order valence-corrected chi connectivity index (χ0v) is 16.7. The third kappa shape index (κ3) is 3.32. The van der Waals surface area contributed by atoms with E-state index in [1.807, 2.05) is 0 Å². The van der Waals surface area contributed by atoms with E-state index in [-0.39, 0.29) is 11.4 Å². The van der Waals surface area contributed by atoms with E-state index in [0.29, 0.717) is 0 Å². The van der Waals surface area contributed by atoms with Crippen molar-refractivity contribution >= 4 is 35.7 Å². The summed E-state index contributed by atoms with van der Waals surface area (Å²) in [6.07, 6.45) is 1.09. The summed E-state index contributed by atoms with van der Waals surface area (Å²) in [5.74, 6) is -3.70. The molecule has 12 nitrogen and oxygen atoms in total. The number of ether oxygens (including phenoxy) is 3. The quantitative estimate of drug-likeness (QED) is 0.499. The summed E-state index contributed by atoms with van der Waals surface area (Å²) in [5.41, 5.74) is -1.17. The fraction of sp³-hybridized carbons (Fsp3) is 0.412. The maximum atomic E-state index is 12.9. The molecule has 2 heterocycles. The van der Waals surface area contributed by atoms with Crippen LogP contribution in [0.2, 0.25) is 0 Å². The van der Waals surface area contributed by atoms with Crippen molar-refractivity contribution in [1.29, 1.82) is 0 Å². The second kappa shape index (κ2) is 8.12. The highest BCUT2D eigenvalue weighted by Crippen LogP contribution is 2.29. The lowest BCUT2D eigenvalue weighted by molar-refractivity contribution is -0.130. The van der Waals surface area contributed by atoms with Crippen LogP contribution in [0.1, 0.15) is 37.2 Å². The highest BCUT2D eigenvalue weighted by molar-refractivity contribution is 6.20. The minimum Gasteiger partial charge on any atom is -0.465 e. The third-order valence-corrected chi connectivity index (χ3v) is 4.44. The van der Waals surface area contributed by atoms with Crippen molar-refractivity contribution in [2.45, 2.75) is 6.04 Å². The van der Waals surface area contributed by atoms with E-state index in [4.69, 9.17) is 4.74 Å². The number of likely N-dealkylation sites (N-methyl/N-ethyl adjacent to an activating group) is 2. The highest BCUT2D eigenvalue weighted by atomic mass is 16.5. The van der Waals surface area contributed by atoms with Gasteiger partial charge in [0, 0.05) is 27.3 Å². The van der Waals surface area contributed by atoms with E-state index in [1.165, 1.54) is 21.1 Å². The lowest BCUT2D eigenvalue weighted by atomic mass is 10.1. The molecule has 156 valence electrons. The number of urea groups is 1. The first-order valence-corrected chi connectivity index (χ1v) is 8.17. The number of hydrogen-bond donors (Lipinski definition) is 0. The van der Waals surface area contributed by atoms with Crippen molar-refractivity contribution in [2.75, 3.05) is 42.5 Å². The van der Waals surface area contributed by atoms with Crippen molar-refractivity contribution in [1.82, 2.24) is 14.4 Å². The Morgan fingerprint density at radius 3 is 1.97 bits per heavy atom. The Bertz CT molecular complexity index is 932. The lowest BCUT2D eigenvalue weighted by Gasteiger charge is -2.36. The van der Waals surface area contributed by atoms with Gasteiger partial charge < -0.3 is 18.8 Å². The van der Waals surface area contributed by atoms with Crippen LogP contribution >= 0.6 is 0 Å². The number of aliphatic imine (C=N–C) groups is 1. The van der Waals surface area contributed by atoms with Crippen molar-refractivity contribution in [2.24, 2.45) is 4.99 Å². The summed E-state index contributed by atoms with van der Waals surface area (Å²) in [6, 6.07) is -1.97. The van der Waals surface area contributed by atoms with Crippen LogP contribution in [-0.4, -0.2) is 92.5 Å². The number of methoxy groups -OCH3 is 3. The molecule has 1 atom stereocenters. The number of carbonyl (C=O) groups excluding carboxylic acids is 5. The molecule has 0 radical (unpaired) electrons. The van der Waals surface area contributed by atoms with Crippen LogP contribution in [0.15, 0.2) is 11.2 Å². The Morgan fingerprint density at radius 2 is 1.48 bits per heavy atom. The Hall–Kier alpha value is -3.70. The second-order valence-electron chi connectivity index (χ2n) is 5.87. The lowest BCUT2D eigenvalue weighted by Crippen LogP contribution is -2.57. The van der Waals surface area contributed by atoms with Crippen molar-refractivity contribution in [3.05, 3.63) is 23.0 Å². The summed E-state index contributed by atoms with van der Waals surface area (Å²) >= 11 is 0. The molecule has 0 aromatic carbocycles. The van der Waals surface area contributed by atoms with Gasteiger partial charge in [-0.1, -0.05) is 0 Å². The molecule has 1 fully saturated rings. The van der Waals surface area contributed by atoms with E-state index in [1.54, 1.807) is 0 Å². The first-order chi connectivity index (χ1) is 13.7. The maximum absolute atomic E-state index is 12.9. The van der Waals surface area contributed by atoms with Crippen LogP contribution in [0.25, 0.3) is 0 Å². The van der Waals surface area contributed by atoms with Gasteiger partial charge >= 0.3 is 23.9 Å². The standard InChI is InChI=1S/C17H20N4O8/c1-18-12-11(13(22)20(3)17(26)19(12)2)21-7-8(14(23)27-4)9(15(24)28-5)10(21)16(25)29-6/h7,11H,1-6H3. The predicted octanol–water partition coefficient (Wildman–Crippen LogP) is -0.0589. The van der Waals surface area contributed by atoms with Gasteiger partial charge in [0.15, 0.2) is 6.04 Å². The molecule has 1 aliphatic heterocycles. The zero-order valence-electron chi connectivity index (χ0n) is 16.7. The number of amides is 3. The van der Waals surface area contributed by atoms with Gasteiger partial charge in [-0.05, 0) is 0 Å². The first kappa shape index (κ1) is 21.6. The molecule has 3 amide bonds. The van der Waals surface area contributed by atoms with Crippen LogP contribution in [0.4, 0.5) is 4.79 Å². The molecule has 1 saturated heterocycles. The second-order valence-corrected chi connectivity index (χ2v) is 5.87. The van der Waals surface area contributed by atoms with Gasteiger partial charge in [0.2, 0.25) is 0 Å². The summed E-state index contributed by atoms with van der Waals surface area (Å²) in [6.45, 7) is 0. The van der Waals surface area contributed by atoms with Gasteiger partial charge in [-0.2, -0.15) is 0 Å². The maximum Gasteiger partial charge on any atom is 0.355 e. The van der Waals surface area contributed by atoms with E-state index < -0.39 is 47.1 Å². The molecule has 2 rings (SSSR count). The van der Waals surface area contributed by atoms with Crippen molar-refractivity contribution in [3.8, 4) is 0 Å². The summed E-state index contributed by atoms with van der Waals surface area (Å²) in [7, 11) is 7.22. The van der Waals surface area contributed by atoms with Gasteiger partial charge in [0.05, 0.1) is 26.9 Å². The van der Waals surface area contributed by atoms with Crippen LogP contribution in [0.5, 0.6) is 0 Å². The summed E-state index contributed by atoms with van der Waals surface area (Å²) in [4.78, 5) is 68.2. The number of aromatic nitrogens is 1. The third-order valence-electron chi connectivity index (χ3n) is 4.44. The molecule has 0 bridgehead atoms. The predicted molar refractivity (Wildman–Crippen MR) is 96.8 cm³/mol. The van der Waals surface area contributed by atoms with E-state index in [9.17, 15) is 24.0 Å². The van der Waals surface area contributed by atoms with Crippen molar-refractivity contribution in [3.63, 3.8) is 0 Å². The molecule has 0 N–H and O–H groups in total. The normalized spacial score (nSPS) is 18.1. The smallest absolute Gasteiger partial charge is 0.355 e. The average molecular weight is 408 g/mol. The van der Waals surface area contributed by atoms with Crippen LogP contribution in [-0.2, 0) is 19.0 Å². The fourth-order valence-corrected chi connectivity index (χ4v) is 3.02. The number of rotatable bonds is 4. The molecule has 0 aliphatic carbocycles. The van der Waals surface area contributed by atoms with Crippen molar-refractivity contribution < 1.29 is 38.2 Å². The van der Waals surface area contributed by atoms with Gasteiger partial charge in [0.1, 0.15) is 17.1 Å². The number of imide groups is 1. The van der Waals surface area contributed by atoms with Gasteiger partial charge in [0.25, 0.3) is 5.91 Å². The minimum absolute atomic E-state index is 0.00825. The molecule has 1 aromatic rings. The largest absolute Gasteiger partial charge is 0.465 e. The van der Waals surface area contributed by atoms with Crippen LogP contribution in [0, 0.1) is 0 Å². The molecule has 1 aliphatic rings. The molecule has 0 saturated carbocycles. The molecule has 1 unspecified atom stereocenters. The number of carbonyl (C=O) groups is 5. The monoisotopic (exact) mass is 408 g/mol. The Labute approximate surface area is 165 Å². The molecule has 1 aromatic heterocycles. The Morgan fingerprint density at radius 1 is 0.931 bits per heavy atom. The molecule has 0 spiro atoms. The van der Waals surface area contributed by atoms with Gasteiger partial charge in [-0.25, -0.2) is 19.2 Å². The van der Waals surface area contributed by atoms with Gasteiger partial charge in [-0.3, -0.25) is 19.6 Å². The van der Waals surface area contributed by atoms with Gasteiger partial charge in [-0.15, -0.1) is 0 Å². The molecule has 29 heavy (non-hydrogen) atoms. The number of esters is 3. The van der Waals surface area contributed by atoms with E-state index in [2.05, 4.69) is 14.5 Å². The topological polar surface area (TPSA) is 137 Å². The van der Waals surface area contributed by atoms with Crippen LogP contribution in [0.3, 0.4) is 0 Å². The number of hydrogen-bond acceptors (Lipinski definition) is 9. The molecule has 12 heteroatoms. The Balaban J connectivity index is 2.90.